The van der Waals surface area contributed by atoms with E-state index in [-0.39, 0.29) is 0 Å². The summed E-state index contributed by atoms with van der Waals surface area (Å²) in [6, 6.07) is 19.4. The van der Waals surface area contributed by atoms with Crippen molar-refractivity contribution in [3.8, 4) is 11.3 Å². The normalized spacial score (nSPS) is 12.2. The predicted octanol–water partition coefficient (Wildman–Crippen LogP) is 3.62. The van der Waals surface area contributed by atoms with Crippen LogP contribution in [0.2, 0.25) is 0 Å². The fraction of sp³-hybridized carbons (Fsp3) is 0.118. The van der Waals surface area contributed by atoms with E-state index in [9.17, 15) is 5.11 Å². The Labute approximate surface area is 117 Å². The van der Waals surface area contributed by atoms with E-state index in [2.05, 4.69) is 4.98 Å². The zero-order valence-corrected chi connectivity index (χ0v) is 10.9. The van der Waals surface area contributed by atoms with Crippen LogP contribution >= 0.6 is 0 Å². The van der Waals surface area contributed by atoms with Crippen molar-refractivity contribution in [2.45, 2.75) is 12.5 Å². The molecule has 0 fully saturated rings. The number of aromatic nitrogens is 1. The molecule has 100 valence electrons. The average Bonchev–Trinajstić information content (AvgIpc) is 2.97. The van der Waals surface area contributed by atoms with Gasteiger partial charge in [-0.05, 0) is 5.56 Å². The molecule has 0 aliphatic heterocycles. The molecule has 3 rings (SSSR count). The minimum atomic E-state index is -0.599. The quantitative estimate of drug-likeness (QED) is 0.783. The summed E-state index contributed by atoms with van der Waals surface area (Å²) in [6.45, 7) is 0. The number of nitrogens with zero attached hydrogens (tertiary/aromatic N) is 1. The van der Waals surface area contributed by atoms with E-state index in [0.29, 0.717) is 12.3 Å². The molecule has 2 aromatic carbocycles. The lowest BCUT2D eigenvalue weighted by molar-refractivity contribution is 0.168. The standard InChI is InChI=1S/C17H15NO2/c19-16(14-9-5-2-6-10-14)11-17-18-15(12-20-17)13-7-3-1-4-8-13/h1-10,12,16,19H,11H2. The molecule has 0 amide bonds. The SMILES string of the molecule is OC(Cc1nc(-c2ccccc2)co1)c1ccccc1. The third kappa shape index (κ3) is 2.78. The molecule has 0 saturated carbocycles. The van der Waals surface area contributed by atoms with E-state index in [1.54, 1.807) is 6.26 Å². The highest BCUT2D eigenvalue weighted by atomic mass is 16.3. The molecule has 3 heteroatoms. The summed E-state index contributed by atoms with van der Waals surface area (Å²) < 4.78 is 5.44. The van der Waals surface area contributed by atoms with Crippen LogP contribution in [0.15, 0.2) is 71.3 Å². The first kappa shape index (κ1) is 12.6. The summed E-state index contributed by atoms with van der Waals surface area (Å²) in [6.07, 6.45) is 1.40. The number of hydrogen-bond acceptors (Lipinski definition) is 3. The minimum absolute atomic E-state index is 0.372. The van der Waals surface area contributed by atoms with Gasteiger partial charge in [-0.1, -0.05) is 60.7 Å². The van der Waals surface area contributed by atoms with Crippen LogP contribution in [0, 0.1) is 0 Å². The fourth-order valence-corrected chi connectivity index (χ4v) is 2.10. The highest BCUT2D eigenvalue weighted by Crippen LogP contribution is 2.22. The number of oxazole rings is 1. The van der Waals surface area contributed by atoms with Crippen molar-refractivity contribution in [2.75, 3.05) is 0 Å². The molecule has 0 radical (unpaired) electrons. The second-order valence-corrected chi connectivity index (χ2v) is 4.62. The first-order valence-corrected chi connectivity index (χ1v) is 6.56. The van der Waals surface area contributed by atoms with Crippen LogP contribution in [0.25, 0.3) is 11.3 Å². The summed E-state index contributed by atoms with van der Waals surface area (Å²) in [4.78, 5) is 4.42. The molecule has 3 aromatic rings. The third-order valence-electron chi connectivity index (χ3n) is 3.17. The van der Waals surface area contributed by atoms with Crippen molar-refractivity contribution in [3.05, 3.63) is 78.4 Å². The van der Waals surface area contributed by atoms with Gasteiger partial charge in [-0.15, -0.1) is 0 Å². The number of rotatable bonds is 4. The van der Waals surface area contributed by atoms with Gasteiger partial charge >= 0.3 is 0 Å². The third-order valence-corrected chi connectivity index (χ3v) is 3.17. The highest BCUT2D eigenvalue weighted by Gasteiger charge is 2.13. The van der Waals surface area contributed by atoms with E-state index in [4.69, 9.17) is 4.42 Å². The van der Waals surface area contributed by atoms with Gasteiger partial charge in [0.15, 0.2) is 5.89 Å². The summed E-state index contributed by atoms with van der Waals surface area (Å²) in [5.74, 6) is 0.542. The van der Waals surface area contributed by atoms with E-state index in [1.165, 1.54) is 0 Å². The lowest BCUT2D eigenvalue weighted by Crippen LogP contribution is -2.01. The van der Waals surface area contributed by atoms with Crippen molar-refractivity contribution >= 4 is 0 Å². The molecule has 1 aromatic heterocycles. The molecule has 1 atom stereocenters. The number of aliphatic hydroxyl groups is 1. The highest BCUT2D eigenvalue weighted by molar-refractivity contribution is 5.57. The molecule has 0 spiro atoms. The molecular formula is C17H15NO2. The van der Waals surface area contributed by atoms with Crippen LogP contribution in [0.4, 0.5) is 0 Å². The van der Waals surface area contributed by atoms with Gasteiger partial charge in [0, 0.05) is 5.56 Å². The largest absolute Gasteiger partial charge is 0.448 e. The molecule has 20 heavy (non-hydrogen) atoms. The Balaban J connectivity index is 1.75. The molecule has 3 nitrogen and oxygen atoms in total. The second-order valence-electron chi connectivity index (χ2n) is 4.62. The van der Waals surface area contributed by atoms with Gasteiger partial charge in [-0.25, -0.2) is 4.98 Å². The molecule has 0 aliphatic carbocycles. The Hall–Kier alpha value is -2.39. The van der Waals surface area contributed by atoms with Crippen LogP contribution in [-0.4, -0.2) is 10.1 Å². The lowest BCUT2D eigenvalue weighted by atomic mass is 10.1. The Morgan fingerprint density at radius 1 is 0.950 bits per heavy atom. The molecule has 1 unspecified atom stereocenters. The topological polar surface area (TPSA) is 46.3 Å². The first-order valence-electron chi connectivity index (χ1n) is 6.56. The van der Waals surface area contributed by atoms with Crippen LogP contribution < -0.4 is 0 Å². The fourth-order valence-electron chi connectivity index (χ4n) is 2.10. The summed E-state index contributed by atoms with van der Waals surface area (Å²) in [5.41, 5.74) is 2.67. The Bertz CT molecular complexity index is 662. The van der Waals surface area contributed by atoms with Gasteiger partial charge in [0.1, 0.15) is 12.0 Å². The van der Waals surface area contributed by atoms with Crippen LogP contribution in [0.3, 0.4) is 0 Å². The molecule has 1 N–H and O–H groups in total. The van der Waals surface area contributed by atoms with E-state index < -0.39 is 6.10 Å². The van der Waals surface area contributed by atoms with Crippen molar-refractivity contribution in [2.24, 2.45) is 0 Å². The summed E-state index contributed by atoms with van der Waals surface area (Å²) in [7, 11) is 0. The molecular weight excluding hydrogens is 250 g/mol. The maximum absolute atomic E-state index is 10.2. The number of aliphatic hydroxyl groups excluding tert-OH is 1. The maximum Gasteiger partial charge on any atom is 0.197 e. The monoisotopic (exact) mass is 265 g/mol. The lowest BCUT2D eigenvalue weighted by Gasteiger charge is -2.07. The Morgan fingerprint density at radius 3 is 2.30 bits per heavy atom. The van der Waals surface area contributed by atoms with Gasteiger partial charge in [0.25, 0.3) is 0 Å². The van der Waals surface area contributed by atoms with E-state index in [0.717, 1.165) is 16.8 Å². The zero-order chi connectivity index (χ0) is 13.8. The average molecular weight is 265 g/mol. The number of hydrogen-bond donors (Lipinski definition) is 1. The maximum atomic E-state index is 10.2. The van der Waals surface area contributed by atoms with Gasteiger partial charge in [0.05, 0.1) is 12.5 Å². The second kappa shape index (κ2) is 5.72. The van der Waals surface area contributed by atoms with Gasteiger partial charge in [-0.2, -0.15) is 0 Å². The smallest absolute Gasteiger partial charge is 0.197 e. The minimum Gasteiger partial charge on any atom is -0.448 e. The van der Waals surface area contributed by atoms with Crippen LogP contribution in [0.5, 0.6) is 0 Å². The summed E-state index contributed by atoms with van der Waals surface area (Å²) >= 11 is 0. The van der Waals surface area contributed by atoms with Crippen LogP contribution in [0.1, 0.15) is 17.6 Å². The van der Waals surface area contributed by atoms with Gasteiger partial charge in [-0.3, -0.25) is 0 Å². The Morgan fingerprint density at radius 2 is 1.60 bits per heavy atom. The van der Waals surface area contributed by atoms with Gasteiger partial charge < -0.3 is 9.52 Å². The van der Waals surface area contributed by atoms with Crippen molar-refractivity contribution in [3.63, 3.8) is 0 Å². The van der Waals surface area contributed by atoms with Crippen molar-refractivity contribution in [1.82, 2.24) is 4.98 Å². The number of benzene rings is 2. The zero-order valence-electron chi connectivity index (χ0n) is 10.9. The molecule has 0 saturated heterocycles. The summed E-state index contributed by atoms with van der Waals surface area (Å²) in [5, 5.41) is 10.2. The van der Waals surface area contributed by atoms with Gasteiger partial charge in [0.2, 0.25) is 0 Å². The predicted molar refractivity (Wildman–Crippen MR) is 77.0 cm³/mol. The van der Waals surface area contributed by atoms with E-state index in [1.807, 2.05) is 60.7 Å². The van der Waals surface area contributed by atoms with E-state index >= 15 is 0 Å². The van der Waals surface area contributed by atoms with Crippen molar-refractivity contribution < 1.29 is 9.52 Å². The molecule has 1 heterocycles. The van der Waals surface area contributed by atoms with Crippen molar-refractivity contribution in [1.29, 1.82) is 0 Å². The molecule has 0 aliphatic rings. The Kier molecular flexibility index (Phi) is 3.61. The molecule has 0 bridgehead atoms. The first-order chi connectivity index (χ1) is 9.83. The van der Waals surface area contributed by atoms with Crippen LogP contribution in [-0.2, 0) is 6.42 Å².